The van der Waals surface area contributed by atoms with E-state index in [1.54, 1.807) is 0 Å². The monoisotopic (exact) mass is 230 g/mol. The Balaban J connectivity index is 2.38. The lowest BCUT2D eigenvalue weighted by molar-refractivity contribution is 0.115. The Labute approximate surface area is 99.6 Å². The Morgan fingerprint density at radius 3 is 2.94 bits per heavy atom. The van der Waals surface area contributed by atoms with Crippen LogP contribution in [0.3, 0.4) is 0 Å². The van der Waals surface area contributed by atoms with Gasteiger partial charge in [0, 0.05) is 18.6 Å². The number of hydrogen-bond acceptors (Lipinski definition) is 2. The van der Waals surface area contributed by atoms with E-state index in [2.05, 4.69) is 24.1 Å². The summed E-state index contributed by atoms with van der Waals surface area (Å²) in [7, 11) is 0. The van der Waals surface area contributed by atoms with Crippen molar-refractivity contribution in [1.29, 1.82) is 0 Å². The summed E-state index contributed by atoms with van der Waals surface area (Å²) >= 11 is 0. The molecule has 1 N–H and O–H groups in total. The third-order valence-corrected chi connectivity index (χ3v) is 3.54. The van der Waals surface area contributed by atoms with Crippen molar-refractivity contribution >= 4 is 0 Å². The lowest BCUT2D eigenvalue weighted by Crippen LogP contribution is -2.51. The summed E-state index contributed by atoms with van der Waals surface area (Å²) in [5.41, 5.74) is 0. The molecule has 2 atom stereocenters. The highest BCUT2D eigenvalue weighted by Crippen LogP contribution is 2.20. The van der Waals surface area contributed by atoms with Gasteiger partial charge in [0.1, 0.15) is 0 Å². The first-order chi connectivity index (χ1) is 7.79. The molecule has 2 unspecified atom stereocenters. The Morgan fingerprint density at radius 1 is 1.44 bits per heavy atom. The first kappa shape index (κ1) is 13.9. The number of nitrogens with zero attached hydrogens (tertiary/aromatic N) is 1. The molecule has 1 aliphatic rings. The molecule has 0 aromatic heterocycles. The maximum atomic E-state index is 12.2. The first-order valence-electron chi connectivity index (χ1n) is 6.83. The van der Waals surface area contributed by atoms with E-state index in [1.807, 2.05) is 0 Å². The van der Waals surface area contributed by atoms with Crippen LogP contribution in [0.4, 0.5) is 4.39 Å². The molecule has 0 amide bonds. The van der Waals surface area contributed by atoms with Gasteiger partial charge in [-0.2, -0.15) is 0 Å². The first-order valence-corrected chi connectivity index (χ1v) is 6.83. The van der Waals surface area contributed by atoms with Crippen LogP contribution < -0.4 is 5.32 Å². The van der Waals surface area contributed by atoms with Crippen LogP contribution in [0.2, 0.25) is 0 Å². The SMILES string of the molecule is CCCNC(C)C1CCCCN1CCCF. The van der Waals surface area contributed by atoms with Gasteiger partial charge in [0.15, 0.2) is 0 Å². The van der Waals surface area contributed by atoms with E-state index in [0.717, 1.165) is 19.6 Å². The maximum absolute atomic E-state index is 12.2. The zero-order valence-electron chi connectivity index (χ0n) is 10.8. The molecule has 0 spiro atoms. The fraction of sp³-hybridized carbons (Fsp3) is 1.00. The summed E-state index contributed by atoms with van der Waals surface area (Å²) in [6, 6.07) is 1.16. The molecular formula is C13H27FN2. The molecule has 0 saturated carbocycles. The van der Waals surface area contributed by atoms with Crippen molar-refractivity contribution in [3.8, 4) is 0 Å². The van der Waals surface area contributed by atoms with Crippen molar-refractivity contribution in [1.82, 2.24) is 10.2 Å². The zero-order chi connectivity index (χ0) is 11.8. The summed E-state index contributed by atoms with van der Waals surface area (Å²) in [5, 5.41) is 3.57. The molecule has 0 radical (unpaired) electrons. The van der Waals surface area contributed by atoms with Gasteiger partial charge < -0.3 is 5.32 Å². The van der Waals surface area contributed by atoms with E-state index < -0.39 is 0 Å². The number of piperidine rings is 1. The van der Waals surface area contributed by atoms with Crippen LogP contribution >= 0.6 is 0 Å². The van der Waals surface area contributed by atoms with Crippen molar-refractivity contribution in [2.45, 2.75) is 58.0 Å². The van der Waals surface area contributed by atoms with Crippen molar-refractivity contribution in [2.24, 2.45) is 0 Å². The molecule has 1 aliphatic heterocycles. The Hall–Kier alpha value is -0.150. The topological polar surface area (TPSA) is 15.3 Å². The van der Waals surface area contributed by atoms with Crippen LogP contribution in [0.25, 0.3) is 0 Å². The highest BCUT2D eigenvalue weighted by molar-refractivity contribution is 4.84. The summed E-state index contributed by atoms with van der Waals surface area (Å²) in [6.07, 6.45) is 5.75. The summed E-state index contributed by atoms with van der Waals surface area (Å²) in [4.78, 5) is 2.48. The number of rotatable bonds is 7. The molecule has 1 rings (SSSR count). The van der Waals surface area contributed by atoms with E-state index in [9.17, 15) is 4.39 Å². The van der Waals surface area contributed by atoms with Crippen LogP contribution in [-0.2, 0) is 0 Å². The molecule has 1 heterocycles. The average Bonchev–Trinajstić information content (AvgIpc) is 2.33. The molecule has 16 heavy (non-hydrogen) atoms. The van der Waals surface area contributed by atoms with Gasteiger partial charge in [0.05, 0.1) is 6.67 Å². The van der Waals surface area contributed by atoms with Crippen molar-refractivity contribution in [3.05, 3.63) is 0 Å². The second-order valence-electron chi connectivity index (χ2n) is 4.88. The Kier molecular flexibility index (Phi) is 6.97. The molecule has 3 heteroatoms. The highest BCUT2D eigenvalue weighted by Gasteiger charge is 2.26. The van der Waals surface area contributed by atoms with Gasteiger partial charge in [-0.15, -0.1) is 0 Å². The molecule has 0 aliphatic carbocycles. The fourth-order valence-corrected chi connectivity index (χ4v) is 2.63. The largest absolute Gasteiger partial charge is 0.313 e. The van der Waals surface area contributed by atoms with Gasteiger partial charge in [-0.05, 0) is 45.7 Å². The molecule has 1 fully saturated rings. The van der Waals surface area contributed by atoms with Crippen LogP contribution in [0.1, 0.15) is 46.0 Å². The predicted octanol–water partition coefficient (Wildman–Crippen LogP) is 2.59. The molecule has 1 saturated heterocycles. The minimum atomic E-state index is -0.181. The van der Waals surface area contributed by atoms with Crippen molar-refractivity contribution < 1.29 is 4.39 Å². The van der Waals surface area contributed by atoms with E-state index >= 15 is 0 Å². The standard InChI is InChI=1S/C13H27FN2/c1-3-9-15-12(2)13-7-4-5-10-16(13)11-6-8-14/h12-13,15H,3-11H2,1-2H3. The molecule has 96 valence electrons. The number of alkyl halides is 1. The number of hydrogen-bond donors (Lipinski definition) is 1. The normalized spacial score (nSPS) is 24.6. The summed E-state index contributed by atoms with van der Waals surface area (Å²) in [6.45, 7) is 7.46. The minimum Gasteiger partial charge on any atom is -0.313 e. The predicted molar refractivity (Wildman–Crippen MR) is 67.6 cm³/mol. The lowest BCUT2D eigenvalue weighted by Gasteiger charge is -2.39. The minimum absolute atomic E-state index is 0.181. The fourth-order valence-electron chi connectivity index (χ4n) is 2.63. The quantitative estimate of drug-likeness (QED) is 0.723. The van der Waals surface area contributed by atoms with Gasteiger partial charge >= 0.3 is 0 Å². The third-order valence-electron chi connectivity index (χ3n) is 3.54. The molecule has 2 nitrogen and oxygen atoms in total. The van der Waals surface area contributed by atoms with Crippen molar-refractivity contribution in [3.63, 3.8) is 0 Å². The van der Waals surface area contributed by atoms with Gasteiger partial charge in [-0.1, -0.05) is 13.3 Å². The molecular weight excluding hydrogens is 203 g/mol. The van der Waals surface area contributed by atoms with Crippen LogP contribution in [0.15, 0.2) is 0 Å². The number of nitrogens with one attached hydrogen (secondary N) is 1. The smallest absolute Gasteiger partial charge is 0.0906 e. The van der Waals surface area contributed by atoms with Crippen LogP contribution in [0.5, 0.6) is 0 Å². The molecule has 0 aromatic carbocycles. The van der Waals surface area contributed by atoms with Gasteiger partial charge in [-0.3, -0.25) is 9.29 Å². The molecule has 0 aromatic rings. The van der Waals surface area contributed by atoms with Crippen LogP contribution in [0, 0.1) is 0 Å². The Morgan fingerprint density at radius 2 is 2.25 bits per heavy atom. The van der Waals surface area contributed by atoms with E-state index in [4.69, 9.17) is 0 Å². The van der Waals surface area contributed by atoms with E-state index in [-0.39, 0.29) is 6.67 Å². The van der Waals surface area contributed by atoms with E-state index in [1.165, 1.54) is 25.7 Å². The number of halogens is 1. The summed E-state index contributed by atoms with van der Waals surface area (Å²) < 4.78 is 12.2. The highest BCUT2D eigenvalue weighted by atomic mass is 19.1. The van der Waals surface area contributed by atoms with Crippen molar-refractivity contribution in [2.75, 3.05) is 26.3 Å². The second kappa shape index (κ2) is 8.02. The Bertz CT molecular complexity index is 175. The molecule has 0 bridgehead atoms. The van der Waals surface area contributed by atoms with Gasteiger partial charge in [-0.25, -0.2) is 0 Å². The number of likely N-dealkylation sites (tertiary alicyclic amines) is 1. The third kappa shape index (κ3) is 4.38. The second-order valence-corrected chi connectivity index (χ2v) is 4.88. The van der Waals surface area contributed by atoms with Crippen LogP contribution in [-0.4, -0.2) is 43.3 Å². The maximum Gasteiger partial charge on any atom is 0.0906 e. The zero-order valence-corrected chi connectivity index (χ0v) is 10.8. The van der Waals surface area contributed by atoms with E-state index in [0.29, 0.717) is 18.5 Å². The lowest BCUT2D eigenvalue weighted by atomic mass is 9.96. The average molecular weight is 230 g/mol. The summed E-state index contributed by atoms with van der Waals surface area (Å²) in [5.74, 6) is 0. The van der Waals surface area contributed by atoms with Gasteiger partial charge in [0.2, 0.25) is 0 Å². The van der Waals surface area contributed by atoms with Gasteiger partial charge in [0.25, 0.3) is 0 Å².